The lowest BCUT2D eigenvalue weighted by atomic mass is 9.99. The molecule has 2 aromatic heterocycles. The first kappa shape index (κ1) is 24.4. The number of Topliss-reactive ketones (excluding diaryl/α,β-unsaturated/α-hetero) is 1. The molecule has 0 saturated heterocycles. The van der Waals surface area contributed by atoms with Crippen molar-refractivity contribution >= 4 is 5.78 Å². The Hall–Kier alpha value is -3.70. The van der Waals surface area contributed by atoms with Gasteiger partial charge in [0.2, 0.25) is 5.95 Å². The van der Waals surface area contributed by atoms with Crippen LogP contribution in [0, 0.1) is 5.95 Å². The number of rotatable bonds is 12. The normalized spacial score (nSPS) is 10.9. The van der Waals surface area contributed by atoms with Crippen molar-refractivity contribution in [3.8, 4) is 11.1 Å². The van der Waals surface area contributed by atoms with Crippen molar-refractivity contribution in [2.45, 2.75) is 38.7 Å². The van der Waals surface area contributed by atoms with Gasteiger partial charge in [-0.1, -0.05) is 54.6 Å². The maximum absolute atomic E-state index is 13.5. The minimum absolute atomic E-state index is 0.274. The summed E-state index contributed by atoms with van der Waals surface area (Å²) in [7, 11) is 0. The summed E-state index contributed by atoms with van der Waals surface area (Å²) in [4.78, 5) is 19.9. The summed E-state index contributed by atoms with van der Waals surface area (Å²) < 4.78 is 19.4. The molecule has 5 heteroatoms. The number of nitrogens with zero attached hydrogens (tertiary/aromatic N) is 2. The minimum atomic E-state index is -0.480. The third kappa shape index (κ3) is 7.66. The first-order chi connectivity index (χ1) is 17.2. The van der Waals surface area contributed by atoms with E-state index in [1.807, 2.05) is 48.7 Å². The van der Waals surface area contributed by atoms with Crippen molar-refractivity contribution in [1.82, 2.24) is 9.97 Å². The lowest BCUT2D eigenvalue weighted by molar-refractivity contribution is -0.119. The molecule has 4 aromatic rings. The van der Waals surface area contributed by atoms with Crippen LogP contribution in [0.15, 0.2) is 91.4 Å². The number of ketones is 1. The molecule has 0 aliphatic carbocycles. The van der Waals surface area contributed by atoms with E-state index >= 15 is 0 Å². The Kier molecular flexibility index (Phi) is 8.85. The number of ether oxygens (including phenoxy) is 1. The molecule has 0 spiro atoms. The van der Waals surface area contributed by atoms with Crippen LogP contribution in [0.3, 0.4) is 0 Å². The first-order valence-electron chi connectivity index (χ1n) is 11.9. The molecular formula is C30H29FN2O2. The van der Waals surface area contributed by atoms with Crippen molar-refractivity contribution in [2.75, 3.05) is 6.61 Å². The van der Waals surface area contributed by atoms with E-state index in [0.717, 1.165) is 52.6 Å². The van der Waals surface area contributed by atoms with E-state index in [1.54, 1.807) is 6.20 Å². The van der Waals surface area contributed by atoms with Gasteiger partial charge in [-0.25, -0.2) is 4.98 Å². The van der Waals surface area contributed by atoms with Crippen LogP contribution in [0.5, 0.6) is 0 Å². The maximum atomic E-state index is 13.5. The molecule has 0 amide bonds. The van der Waals surface area contributed by atoms with Crippen molar-refractivity contribution < 1.29 is 13.9 Å². The van der Waals surface area contributed by atoms with Crippen molar-refractivity contribution in [2.24, 2.45) is 0 Å². The van der Waals surface area contributed by atoms with Gasteiger partial charge < -0.3 is 4.74 Å². The van der Waals surface area contributed by atoms with Crippen LogP contribution in [0.25, 0.3) is 11.1 Å². The third-order valence-electron chi connectivity index (χ3n) is 5.97. The standard InChI is InChI=1S/C30H29FN2O2/c31-30-20-27(15-18-33-30)29-6-2-1-5-26(29)16-19-35-22-25-9-7-23(8-10-25)11-13-28(34)14-12-24-4-3-17-32-21-24/h1-10,15,17-18,20-21H,11-14,16,19,22H2. The predicted molar refractivity (Wildman–Crippen MR) is 135 cm³/mol. The molecule has 2 heterocycles. The third-order valence-corrected chi connectivity index (χ3v) is 5.97. The highest BCUT2D eigenvalue weighted by Crippen LogP contribution is 2.24. The molecule has 0 aliphatic heterocycles. The highest BCUT2D eigenvalue weighted by Gasteiger charge is 2.07. The zero-order valence-electron chi connectivity index (χ0n) is 19.7. The molecule has 35 heavy (non-hydrogen) atoms. The smallest absolute Gasteiger partial charge is 0.213 e. The Labute approximate surface area is 205 Å². The summed E-state index contributed by atoms with van der Waals surface area (Å²) >= 11 is 0. The van der Waals surface area contributed by atoms with E-state index < -0.39 is 5.95 Å². The zero-order valence-corrected chi connectivity index (χ0v) is 19.7. The molecule has 0 atom stereocenters. The van der Waals surface area contributed by atoms with Crippen molar-refractivity contribution in [3.05, 3.63) is 120 Å². The summed E-state index contributed by atoms with van der Waals surface area (Å²) in [6, 6.07) is 23.4. The highest BCUT2D eigenvalue weighted by atomic mass is 19.1. The van der Waals surface area contributed by atoms with Crippen molar-refractivity contribution in [1.29, 1.82) is 0 Å². The minimum Gasteiger partial charge on any atom is -0.376 e. The fourth-order valence-corrected chi connectivity index (χ4v) is 4.00. The van der Waals surface area contributed by atoms with Gasteiger partial charge in [0.25, 0.3) is 0 Å². The summed E-state index contributed by atoms with van der Waals surface area (Å²) in [6.07, 6.45) is 8.38. The molecule has 0 bridgehead atoms. The fraction of sp³-hybridized carbons (Fsp3) is 0.233. The number of aromatic nitrogens is 2. The molecule has 0 N–H and O–H groups in total. The Morgan fingerprint density at radius 2 is 1.57 bits per heavy atom. The lowest BCUT2D eigenvalue weighted by Gasteiger charge is -2.10. The molecule has 0 saturated carbocycles. The Morgan fingerprint density at radius 3 is 2.34 bits per heavy atom. The van der Waals surface area contributed by atoms with E-state index in [4.69, 9.17) is 4.74 Å². The van der Waals surface area contributed by atoms with Crippen LogP contribution >= 0.6 is 0 Å². The van der Waals surface area contributed by atoms with Crippen LogP contribution in [0.4, 0.5) is 4.39 Å². The Morgan fingerprint density at radius 1 is 0.800 bits per heavy atom. The van der Waals surface area contributed by atoms with E-state index in [9.17, 15) is 9.18 Å². The quantitative estimate of drug-likeness (QED) is 0.184. The summed E-state index contributed by atoms with van der Waals surface area (Å²) in [5, 5.41) is 0. The second-order valence-corrected chi connectivity index (χ2v) is 8.54. The fourth-order valence-electron chi connectivity index (χ4n) is 4.00. The molecule has 0 unspecified atom stereocenters. The Bertz CT molecular complexity index is 1230. The van der Waals surface area contributed by atoms with Crippen LogP contribution in [0.1, 0.15) is 35.1 Å². The van der Waals surface area contributed by atoms with Gasteiger partial charge in [-0.2, -0.15) is 4.39 Å². The second kappa shape index (κ2) is 12.7. The van der Waals surface area contributed by atoms with Crippen LogP contribution < -0.4 is 0 Å². The van der Waals surface area contributed by atoms with Crippen LogP contribution in [0.2, 0.25) is 0 Å². The van der Waals surface area contributed by atoms with E-state index in [0.29, 0.717) is 26.1 Å². The number of pyridine rings is 2. The van der Waals surface area contributed by atoms with Gasteiger partial charge in [0.1, 0.15) is 5.78 Å². The van der Waals surface area contributed by atoms with Gasteiger partial charge in [-0.3, -0.25) is 9.78 Å². The summed E-state index contributed by atoms with van der Waals surface area (Å²) in [5.74, 6) is -0.206. The number of aryl methyl sites for hydroxylation is 2. The van der Waals surface area contributed by atoms with Crippen LogP contribution in [-0.4, -0.2) is 22.4 Å². The molecule has 4 rings (SSSR count). The molecule has 2 aromatic carbocycles. The second-order valence-electron chi connectivity index (χ2n) is 8.54. The van der Waals surface area contributed by atoms with Gasteiger partial charge in [0, 0.05) is 37.5 Å². The number of hydrogen-bond donors (Lipinski definition) is 0. The first-order valence-corrected chi connectivity index (χ1v) is 11.9. The number of benzene rings is 2. The number of carbonyl (C=O) groups excluding carboxylic acids is 1. The van der Waals surface area contributed by atoms with E-state index in [1.165, 1.54) is 12.3 Å². The van der Waals surface area contributed by atoms with Gasteiger partial charge >= 0.3 is 0 Å². The number of halogens is 1. The summed E-state index contributed by atoms with van der Waals surface area (Å²) in [5.41, 5.74) is 6.28. The molecule has 178 valence electrons. The average Bonchev–Trinajstić information content (AvgIpc) is 2.90. The van der Waals surface area contributed by atoms with Crippen LogP contribution in [-0.2, 0) is 35.4 Å². The van der Waals surface area contributed by atoms with Gasteiger partial charge in [-0.15, -0.1) is 0 Å². The molecule has 0 radical (unpaired) electrons. The predicted octanol–water partition coefficient (Wildman–Crippen LogP) is 6.18. The zero-order chi connectivity index (χ0) is 24.3. The molecular weight excluding hydrogens is 439 g/mol. The Balaban J connectivity index is 1.19. The van der Waals surface area contributed by atoms with Gasteiger partial charge in [0.15, 0.2) is 0 Å². The van der Waals surface area contributed by atoms with Crippen molar-refractivity contribution in [3.63, 3.8) is 0 Å². The van der Waals surface area contributed by atoms with E-state index in [-0.39, 0.29) is 5.78 Å². The highest BCUT2D eigenvalue weighted by molar-refractivity contribution is 5.78. The largest absolute Gasteiger partial charge is 0.376 e. The number of hydrogen-bond acceptors (Lipinski definition) is 4. The average molecular weight is 469 g/mol. The maximum Gasteiger partial charge on any atom is 0.213 e. The molecule has 4 nitrogen and oxygen atoms in total. The molecule has 0 aliphatic rings. The molecule has 0 fully saturated rings. The van der Waals surface area contributed by atoms with Gasteiger partial charge in [0.05, 0.1) is 13.2 Å². The monoisotopic (exact) mass is 468 g/mol. The topological polar surface area (TPSA) is 52.1 Å². The number of carbonyl (C=O) groups is 1. The summed E-state index contributed by atoms with van der Waals surface area (Å²) in [6.45, 7) is 1.09. The lowest BCUT2D eigenvalue weighted by Crippen LogP contribution is -2.03. The van der Waals surface area contributed by atoms with E-state index in [2.05, 4.69) is 34.2 Å². The SMILES string of the molecule is O=C(CCc1ccc(COCCc2ccccc2-c2ccnc(F)c2)cc1)CCc1cccnc1. The van der Waals surface area contributed by atoms with Gasteiger partial charge in [-0.05, 0) is 64.8 Å².